The number of hydrogen-bond donors (Lipinski definition) is 2. The van der Waals surface area contributed by atoms with E-state index in [0.717, 1.165) is 19.6 Å². The summed E-state index contributed by atoms with van der Waals surface area (Å²) in [6.07, 6.45) is 3.08. The van der Waals surface area contributed by atoms with E-state index in [0.29, 0.717) is 18.9 Å². The molecule has 2 amide bonds. The van der Waals surface area contributed by atoms with E-state index in [4.69, 9.17) is 0 Å². The van der Waals surface area contributed by atoms with E-state index in [9.17, 15) is 13.2 Å². The van der Waals surface area contributed by atoms with Crippen LogP contribution in [0.3, 0.4) is 0 Å². The minimum Gasteiger partial charge on any atom is -0.338 e. The molecule has 6 nitrogen and oxygen atoms in total. The van der Waals surface area contributed by atoms with Crippen LogP contribution in [0.4, 0.5) is 4.79 Å². The van der Waals surface area contributed by atoms with E-state index in [-0.39, 0.29) is 23.6 Å². The number of carbonyl (C=O) groups is 1. The lowest BCUT2D eigenvalue weighted by molar-refractivity contribution is 0.232. The molecule has 0 aromatic carbocycles. The first-order valence-electron chi connectivity index (χ1n) is 7.42. The van der Waals surface area contributed by atoms with Gasteiger partial charge in [0, 0.05) is 19.1 Å². The number of nitrogens with one attached hydrogen (secondary N) is 2. The van der Waals surface area contributed by atoms with Crippen LogP contribution in [0.1, 0.15) is 26.2 Å². The Bertz CT molecular complexity index is 432. The van der Waals surface area contributed by atoms with Crippen molar-refractivity contribution in [2.24, 2.45) is 5.92 Å². The van der Waals surface area contributed by atoms with Crippen LogP contribution >= 0.6 is 0 Å². The fourth-order valence-corrected chi connectivity index (χ4v) is 4.56. The van der Waals surface area contributed by atoms with Crippen molar-refractivity contribution < 1.29 is 13.2 Å². The molecule has 2 fully saturated rings. The van der Waals surface area contributed by atoms with Crippen molar-refractivity contribution >= 4 is 15.9 Å². The lowest BCUT2D eigenvalue weighted by atomic mass is 10.1. The highest BCUT2D eigenvalue weighted by atomic mass is 32.2. The minimum atomic E-state index is -2.94. The molecule has 0 aromatic rings. The quantitative estimate of drug-likeness (QED) is 0.761. The molecular formula is C13H25N3O3S. The van der Waals surface area contributed by atoms with Crippen LogP contribution in [0.15, 0.2) is 0 Å². The highest BCUT2D eigenvalue weighted by molar-refractivity contribution is 7.91. The first-order valence-corrected chi connectivity index (χ1v) is 9.24. The Kier molecular flexibility index (Phi) is 5.26. The minimum absolute atomic E-state index is 0.0732. The molecule has 2 saturated heterocycles. The summed E-state index contributed by atoms with van der Waals surface area (Å²) >= 11 is 0. The molecule has 2 atom stereocenters. The summed E-state index contributed by atoms with van der Waals surface area (Å²) in [5.41, 5.74) is 0. The number of rotatable bonds is 5. The predicted molar refractivity (Wildman–Crippen MR) is 78.4 cm³/mol. The van der Waals surface area contributed by atoms with Crippen molar-refractivity contribution in [3.05, 3.63) is 0 Å². The van der Waals surface area contributed by atoms with Crippen LogP contribution in [0.5, 0.6) is 0 Å². The molecule has 0 spiro atoms. The first-order chi connectivity index (χ1) is 9.44. The third-order valence-corrected chi connectivity index (χ3v) is 5.72. The number of likely N-dealkylation sites (tertiary alicyclic amines) is 1. The Morgan fingerprint density at radius 2 is 2.05 bits per heavy atom. The van der Waals surface area contributed by atoms with Crippen molar-refractivity contribution in [1.29, 1.82) is 0 Å². The highest BCUT2D eigenvalue weighted by Crippen LogP contribution is 2.11. The summed E-state index contributed by atoms with van der Waals surface area (Å²) in [7, 11) is -2.94. The first kappa shape index (κ1) is 15.6. The normalized spacial score (nSPS) is 27.4. The van der Waals surface area contributed by atoms with Gasteiger partial charge in [0.15, 0.2) is 9.84 Å². The molecule has 2 aliphatic rings. The van der Waals surface area contributed by atoms with E-state index in [1.165, 1.54) is 12.8 Å². The van der Waals surface area contributed by atoms with Crippen LogP contribution in [0.2, 0.25) is 0 Å². The SMILES string of the molecule is C[C@H](CNC(=O)N[C@@H]1CCS(=O)(=O)C1)CN1CCCC1. The summed E-state index contributed by atoms with van der Waals surface area (Å²) in [5.74, 6) is 0.665. The van der Waals surface area contributed by atoms with Crippen LogP contribution in [-0.4, -0.2) is 63.1 Å². The molecule has 0 aromatic heterocycles. The van der Waals surface area contributed by atoms with Crippen LogP contribution in [0.25, 0.3) is 0 Å². The fraction of sp³-hybridized carbons (Fsp3) is 0.923. The Labute approximate surface area is 121 Å². The molecule has 2 rings (SSSR count). The zero-order chi connectivity index (χ0) is 14.6. The predicted octanol–water partition coefficient (Wildman–Crippen LogP) is 0.205. The Morgan fingerprint density at radius 1 is 1.35 bits per heavy atom. The van der Waals surface area contributed by atoms with Crippen molar-refractivity contribution in [3.8, 4) is 0 Å². The van der Waals surface area contributed by atoms with Gasteiger partial charge in [-0.05, 0) is 38.3 Å². The van der Waals surface area contributed by atoms with Crippen molar-refractivity contribution in [1.82, 2.24) is 15.5 Å². The van der Waals surface area contributed by atoms with Gasteiger partial charge in [0.2, 0.25) is 0 Å². The molecular weight excluding hydrogens is 278 g/mol. The van der Waals surface area contributed by atoms with Gasteiger partial charge < -0.3 is 15.5 Å². The Balaban J connectivity index is 1.62. The summed E-state index contributed by atoms with van der Waals surface area (Å²) in [6, 6.07) is -0.478. The Hall–Kier alpha value is -0.820. The molecule has 20 heavy (non-hydrogen) atoms. The van der Waals surface area contributed by atoms with Gasteiger partial charge in [-0.15, -0.1) is 0 Å². The van der Waals surface area contributed by atoms with Gasteiger partial charge in [0.1, 0.15) is 0 Å². The third kappa shape index (κ3) is 4.94. The third-order valence-electron chi connectivity index (χ3n) is 3.95. The molecule has 2 aliphatic heterocycles. The number of amides is 2. The van der Waals surface area contributed by atoms with Gasteiger partial charge in [-0.3, -0.25) is 0 Å². The van der Waals surface area contributed by atoms with Gasteiger partial charge >= 0.3 is 6.03 Å². The van der Waals surface area contributed by atoms with Gasteiger partial charge in [0.25, 0.3) is 0 Å². The number of urea groups is 1. The van der Waals surface area contributed by atoms with E-state index >= 15 is 0 Å². The zero-order valence-electron chi connectivity index (χ0n) is 12.1. The number of sulfone groups is 1. The maximum Gasteiger partial charge on any atom is 0.315 e. The van der Waals surface area contributed by atoms with Crippen LogP contribution in [-0.2, 0) is 9.84 Å². The van der Waals surface area contributed by atoms with E-state index < -0.39 is 9.84 Å². The topological polar surface area (TPSA) is 78.5 Å². The molecule has 2 heterocycles. The standard InChI is InChI=1S/C13H25N3O3S/c1-11(9-16-5-2-3-6-16)8-14-13(17)15-12-4-7-20(18,19)10-12/h11-12H,2-10H2,1H3,(H2,14,15,17)/t11-,12-/m1/s1. The maximum absolute atomic E-state index is 11.7. The summed E-state index contributed by atoms with van der Waals surface area (Å²) < 4.78 is 22.6. The summed E-state index contributed by atoms with van der Waals surface area (Å²) in [5, 5.41) is 5.58. The summed E-state index contributed by atoms with van der Waals surface area (Å²) in [4.78, 5) is 14.1. The van der Waals surface area contributed by atoms with Crippen molar-refractivity contribution in [2.45, 2.75) is 32.2 Å². The monoisotopic (exact) mass is 303 g/mol. The molecule has 2 N–H and O–H groups in total. The maximum atomic E-state index is 11.7. The molecule has 7 heteroatoms. The van der Waals surface area contributed by atoms with Crippen LogP contribution < -0.4 is 10.6 Å². The second-order valence-electron chi connectivity index (χ2n) is 6.07. The number of nitrogens with zero attached hydrogens (tertiary/aromatic N) is 1. The van der Waals surface area contributed by atoms with Gasteiger partial charge in [-0.1, -0.05) is 6.92 Å². The smallest absolute Gasteiger partial charge is 0.315 e. The lowest BCUT2D eigenvalue weighted by Crippen LogP contribution is -2.44. The molecule has 0 radical (unpaired) electrons. The van der Waals surface area contributed by atoms with Gasteiger partial charge in [-0.25, -0.2) is 13.2 Å². The van der Waals surface area contributed by atoms with Crippen LogP contribution in [0, 0.1) is 5.92 Å². The van der Waals surface area contributed by atoms with Crippen molar-refractivity contribution in [3.63, 3.8) is 0 Å². The highest BCUT2D eigenvalue weighted by Gasteiger charge is 2.28. The Morgan fingerprint density at radius 3 is 2.65 bits per heavy atom. The largest absolute Gasteiger partial charge is 0.338 e. The number of hydrogen-bond acceptors (Lipinski definition) is 4. The molecule has 0 bridgehead atoms. The fourth-order valence-electron chi connectivity index (χ4n) is 2.88. The number of carbonyl (C=O) groups excluding carboxylic acids is 1. The second kappa shape index (κ2) is 6.76. The van der Waals surface area contributed by atoms with E-state index in [1.54, 1.807) is 0 Å². The molecule has 0 saturated carbocycles. The van der Waals surface area contributed by atoms with Crippen molar-refractivity contribution in [2.75, 3.05) is 37.7 Å². The van der Waals surface area contributed by atoms with E-state index in [1.807, 2.05) is 0 Å². The summed E-state index contributed by atoms with van der Waals surface area (Å²) in [6.45, 7) is 6.09. The molecule has 116 valence electrons. The second-order valence-corrected chi connectivity index (χ2v) is 8.30. The average Bonchev–Trinajstić information content (AvgIpc) is 2.97. The zero-order valence-corrected chi connectivity index (χ0v) is 12.9. The molecule has 0 aliphatic carbocycles. The van der Waals surface area contributed by atoms with E-state index in [2.05, 4.69) is 22.5 Å². The average molecular weight is 303 g/mol. The van der Waals surface area contributed by atoms with Gasteiger partial charge in [0.05, 0.1) is 11.5 Å². The lowest BCUT2D eigenvalue weighted by Gasteiger charge is -2.21. The molecule has 0 unspecified atom stereocenters. The van der Waals surface area contributed by atoms with Gasteiger partial charge in [-0.2, -0.15) is 0 Å².